The van der Waals surface area contributed by atoms with Gasteiger partial charge in [-0.3, -0.25) is 4.79 Å². The molecule has 4 rings (SSSR count). The fourth-order valence-electron chi connectivity index (χ4n) is 2.82. The summed E-state index contributed by atoms with van der Waals surface area (Å²) in [7, 11) is 0. The quantitative estimate of drug-likeness (QED) is 0.616. The van der Waals surface area contributed by atoms with E-state index in [0.717, 1.165) is 10.9 Å². The van der Waals surface area contributed by atoms with Gasteiger partial charge in [-0.2, -0.15) is 4.99 Å². The molecule has 1 amide bonds. The van der Waals surface area contributed by atoms with Crippen LogP contribution in [0.25, 0.3) is 11.0 Å². The summed E-state index contributed by atoms with van der Waals surface area (Å²) in [5.74, 6) is -0.258. The first-order valence-corrected chi connectivity index (χ1v) is 8.80. The van der Waals surface area contributed by atoms with Gasteiger partial charge in [0, 0.05) is 35.9 Å². The number of aryl methyl sites for hydroxylation is 1. The lowest BCUT2D eigenvalue weighted by atomic mass is 10.1. The molecule has 0 spiro atoms. The number of pyridine rings is 1. The third kappa shape index (κ3) is 3.04. The van der Waals surface area contributed by atoms with Crippen LogP contribution in [0, 0.1) is 6.92 Å². The van der Waals surface area contributed by atoms with E-state index >= 15 is 0 Å². The molecule has 0 saturated heterocycles. The van der Waals surface area contributed by atoms with Crippen molar-refractivity contribution in [2.24, 2.45) is 4.99 Å². The Morgan fingerprint density at radius 1 is 1.28 bits per heavy atom. The predicted octanol–water partition coefficient (Wildman–Crippen LogP) is 3.52. The van der Waals surface area contributed by atoms with Crippen molar-refractivity contribution in [3.05, 3.63) is 81.9 Å². The second-order valence-electron chi connectivity index (χ2n) is 5.77. The fourth-order valence-corrected chi connectivity index (χ4v) is 3.55. The van der Waals surface area contributed by atoms with Crippen LogP contribution in [0.4, 0.5) is 0 Å². The molecule has 1 N–H and O–H groups in total. The summed E-state index contributed by atoms with van der Waals surface area (Å²) in [6.07, 6.45) is 5.37. The summed E-state index contributed by atoms with van der Waals surface area (Å²) in [5.41, 5.74) is 3.44. The Kier molecular flexibility index (Phi) is 4.03. The van der Waals surface area contributed by atoms with Crippen LogP contribution in [0.3, 0.4) is 0 Å². The fraction of sp³-hybridized carbons (Fsp3) is 0.105. The van der Waals surface area contributed by atoms with Crippen molar-refractivity contribution in [2.45, 2.75) is 13.5 Å². The van der Waals surface area contributed by atoms with Crippen LogP contribution in [0.5, 0.6) is 0 Å². The highest BCUT2D eigenvalue weighted by atomic mass is 32.1. The first-order valence-electron chi connectivity index (χ1n) is 7.92. The van der Waals surface area contributed by atoms with Gasteiger partial charge in [0.15, 0.2) is 4.80 Å². The van der Waals surface area contributed by atoms with Gasteiger partial charge >= 0.3 is 0 Å². The first-order chi connectivity index (χ1) is 12.2. The summed E-state index contributed by atoms with van der Waals surface area (Å²) in [4.78, 5) is 25.1. The molecule has 0 aliphatic carbocycles. The van der Waals surface area contributed by atoms with Crippen molar-refractivity contribution in [3.63, 3.8) is 0 Å². The Labute approximate surface area is 148 Å². The molecule has 1 aromatic carbocycles. The van der Waals surface area contributed by atoms with Gasteiger partial charge in [-0.15, -0.1) is 11.3 Å². The minimum absolute atomic E-state index is 0.258. The SMILES string of the molecule is Cc1ccnc2[nH]cc(C(=O)N=c3sccn3Cc3ccccc3)c12. The minimum atomic E-state index is -0.258. The molecule has 0 aliphatic heterocycles. The largest absolute Gasteiger partial charge is 0.345 e. The topological polar surface area (TPSA) is 63.0 Å². The van der Waals surface area contributed by atoms with Gasteiger partial charge in [-0.1, -0.05) is 30.3 Å². The lowest BCUT2D eigenvalue weighted by Crippen LogP contribution is -2.17. The van der Waals surface area contributed by atoms with Crippen molar-refractivity contribution in [1.82, 2.24) is 14.5 Å². The normalized spacial score (nSPS) is 12.0. The maximum atomic E-state index is 12.7. The Bertz CT molecular complexity index is 1110. The van der Waals surface area contributed by atoms with Crippen molar-refractivity contribution in [2.75, 3.05) is 0 Å². The average Bonchev–Trinajstić information content (AvgIpc) is 3.24. The molecule has 3 aromatic heterocycles. The number of hydrogen-bond acceptors (Lipinski definition) is 3. The molecule has 124 valence electrons. The van der Waals surface area contributed by atoms with Crippen LogP contribution in [0.2, 0.25) is 0 Å². The second-order valence-corrected chi connectivity index (χ2v) is 6.64. The molecular weight excluding hydrogens is 332 g/mol. The molecule has 25 heavy (non-hydrogen) atoms. The zero-order valence-electron chi connectivity index (χ0n) is 13.6. The summed E-state index contributed by atoms with van der Waals surface area (Å²) in [6.45, 7) is 2.65. The number of aromatic amines is 1. The molecule has 4 aromatic rings. The van der Waals surface area contributed by atoms with Gasteiger partial charge in [0.1, 0.15) is 5.65 Å². The number of nitrogens with zero attached hydrogens (tertiary/aromatic N) is 3. The van der Waals surface area contributed by atoms with E-state index in [1.165, 1.54) is 16.9 Å². The van der Waals surface area contributed by atoms with Crippen molar-refractivity contribution >= 4 is 28.3 Å². The molecule has 0 radical (unpaired) electrons. The third-order valence-corrected chi connectivity index (χ3v) is 4.86. The third-order valence-electron chi connectivity index (χ3n) is 4.07. The Morgan fingerprint density at radius 3 is 2.96 bits per heavy atom. The molecule has 0 bridgehead atoms. The number of thiazole rings is 1. The minimum Gasteiger partial charge on any atom is -0.345 e. The number of aromatic nitrogens is 3. The van der Waals surface area contributed by atoms with Crippen LogP contribution in [-0.4, -0.2) is 20.4 Å². The van der Waals surface area contributed by atoms with Gasteiger partial charge in [0.2, 0.25) is 0 Å². The maximum Gasteiger partial charge on any atom is 0.281 e. The van der Waals surface area contributed by atoms with Gasteiger partial charge in [0.25, 0.3) is 5.91 Å². The number of hydrogen-bond donors (Lipinski definition) is 1. The van der Waals surface area contributed by atoms with Crippen LogP contribution in [-0.2, 0) is 6.54 Å². The molecule has 0 fully saturated rings. The molecule has 3 heterocycles. The van der Waals surface area contributed by atoms with E-state index < -0.39 is 0 Å². The predicted molar refractivity (Wildman–Crippen MR) is 98.6 cm³/mol. The number of fused-ring (bicyclic) bond motifs is 1. The number of rotatable bonds is 3. The van der Waals surface area contributed by atoms with Gasteiger partial charge in [0.05, 0.1) is 5.56 Å². The smallest absolute Gasteiger partial charge is 0.281 e. The van der Waals surface area contributed by atoms with Crippen LogP contribution >= 0.6 is 11.3 Å². The Hall–Kier alpha value is -2.99. The van der Waals surface area contributed by atoms with Crippen LogP contribution < -0.4 is 4.80 Å². The highest BCUT2D eigenvalue weighted by molar-refractivity contribution is 7.07. The highest BCUT2D eigenvalue weighted by Gasteiger charge is 2.14. The van der Waals surface area contributed by atoms with Crippen molar-refractivity contribution < 1.29 is 4.79 Å². The highest BCUT2D eigenvalue weighted by Crippen LogP contribution is 2.20. The average molecular weight is 348 g/mol. The summed E-state index contributed by atoms with van der Waals surface area (Å²) < 4.78 is 1.98. The first kappa shape index (κ1) is 15.5. The van der Waals surface area contributed by atoms with E-state index in [1.807, 2.05) is 47.3 Å². The summed E-state index contributed by atoms with van der Waals surface area (Å²) in [5, 5.41) is 2.78. The van der Waals surface area contributed by atoms with Gasteiger partial charge in [-0.05, 0) is 24.1 Å². The van der Waals surface area contributed by atoms with E-state index in [-0.39, 0.29) is 5.91 Å². The zero-order valence-corrected chi connectivity index (χ0v) is 14.5. The van der Waals surface area contributed by atoms with E-state index in [1.54, 1.807) is 12.4 Å². The molecular formula is C19H16N4OS. The molecule has 0 saturated carbocycles. The standard InChI is InChI=1S/C19H16N4OS/c1-13-7-8-20-17-16(13)15(11-21-17)18(24)22-19-23(9-10-25-19)12-14-5-3-2-4-6-14/h2-11H,12H2,1H3,(H,20,21). The maximum absolute atomic E-state index is 12.7. The Morgan fingerprint density at radius 2 is 2.12 bits per heavy atom. The Balaban J connectivity index is 1.72. The number of H-pyrrole nitrogens is 1. The molecule has 0 aliphatic rings. The van der Waals surface area contributed by atoms with Gasteiger partial charge in [-0.25, -0.2) is 4.98 Å². The number of benzene rings is 1. The summed E-state index contributed by atoms with van der Waals surface area (Å²) in [6, 6.07) is 12.0. The van der Waals surface area contributed by atoms with Crippen molar-refractivity contribution in [3.8, 4) is 0 Å². The zero-order chi connectivity index (χ0) is 17.2. The molecule has 0 unspecified atom stereocenters. The van der Waals surface area contributed by atoms with E-state index in [0.29, 0.717) is 22.6 Å². The van der Waals surface area contributed by atoms with Crippen molar-refractivity contribution in [1.29, 1.82) is 0 Å². The molecule has 0 atom stereocenters. The number of amides is 1. The lowest BCUT2D eigenvalue weighted by Gasteiger charge is -2.02. The van der Waals surface area contributed by atoms with E-state index in [9.17, 15) is 4.79 Å². The van der Waals surface area contributed by atoms with Crippen LogP contribution in [0.15, 0.2) is 65.4 Å². The number of nitrogens with one attached hydrogen (secondary N) is 1. The molecule has 6 heteroatoms. The van der Waals surface area contributed by atoms with Gasteiger partial charge < -0.3 is 9.55 Å². The summed E-state index contributed by atoms with van der Waals surface area (Å²) >= 11 is 1.45. The van der Waals surface area contributed by atoms with E-state index in [2.05, 4.69) is 27.1 Å². The lowest BCUT2D eigenvalue weighted by molar-refractivity contribution is 0.0999. The number of carbonyl (C=O) groups excluding carboxylic acids is 1. The number of carbonyl (C=O) groups is 1. The second kappa shape index (κ2) is 6.49. The van der Waals surface area contributed by atoms with Crippen LogP contribution in [0.1, 0.15) is 21.5 Å². The van der Waals surface area contributed by atoms with E-state index in [4.69, 9.17) is 0 Å². The molecule has 5 nitrogen and oxygen atoms in total. The monoisotopic (exact) mass is 348 g/mol.